The molecule has 0 bridgehead atoms. The zero-order chi connectivity index (χ0) is 24.4. The summed E-state index contributed by atoms with van der Waals surface area (Å²) in [5.41, 5.74) is 3.37. The van der Waals surface area contributed by atoms with Crippen LogP contribution in [0.5, 0.6) is 5.75 Å². The number of carbonyl (C=O) groups excluding carboxylic acids is 1. The second-order valence-electron chi connectivity index (χ2n) is 7.34. The molecule has 7 nitrogen and oxygen atoms in total. The van der Waals surface area contributed by atoms with Gasteiger partial charge in [-0.05, 0) is 48.9 Å². The molecule has 3 aromatic carbocycles. The Labute approximate surface area is 205 Å². The van der Waals surface area contributed by atoms with Crippen molar-refractivity contribution in [3.05, 3.63) is 89.4 Å². The van der Waals surface area contributed by atoms with Gasteiger partial charge in [0.25, 0.3) is 15.9 Å². The molecule has 0 fully saturated rings. The fraction of sp³-hybridized carbons (Fsp3) is 0.200. The Balaban J connectivity index is 1.77. The van der Waals surface area contributed by atoms with Crippen LogP contribution in [0, 0.1) is 0 Å². The van der Waals surface area contributed by atoms with Gasteiger partial charge in [0, 0.05) is 10.6 Å². The first-order valence-corrected chi connectivity index (χ1v) is 12.6. The number of hydrogen-bond acceptors (Lipinski definition) is 5. The fourth-order valence-electron chi connectivity index (χ4n) is 3.05. The normalized spacial score (nSPS) is 11.4. The first-order valence-electron chi connectivity index (χ1n) is 10.8. The van der Waals surface area contributed by atoms with Gasteiger partial charge < -0.3 is 4.74 Å². The molecule has 0 saturated carbocycles. The number of sulfonamides is 1. The molecule has 0 saturated heterocycles. The largest absolute Gasteiger partial charge is 0.493 e. The van der Waals surface area contributed by atoms with Crippen molar-refractivity contribution in [1.82, 2.24) is 5.43 Å². The minimum Gasteiger partial charge on any atom is -0.493 e. The Morgan fingerprint density at radius 2 is 1.79 bits per heavy atom. The van der Waals surface area contributed by atoms with E-state index < -0.39 is 22.5 Å². The van der Waals surface area contributed by atoms with E-state index in [2.05, 4.69) is 17.5 Å². The molecule has 0 radical (unpaired) electrons. The molecule has 0 aromatic heterocycles. The number of benzene rings is 3. The lowest BCUT2D eigenvalue weighted by Crippen LogP contribution is -2.39. The summed E-state index contributed by atoms with van der Waals surface area (Å²) >= 11 is 6.08. The summed E-state index contributed by atoms with van der Waals surface area (Å²) in [6.07, 6.45) is 3.41. The van der Waals surface area contributed by atoms with Crippen LogP contribution in [-0.4, -0.2) is 33.7 Å². The summed E-state index contributed by atoms with van der Waals surface area (Å²) in [4.78, 5) is 12.7. The smallest absolute Gasteiger partial charge is 0.264 e. The van der Waals surface area contributed by atoms with Crippen LogP contribution in [0.25, 0.3) is 0 Å². The molecular weight excluding hydrogens is 474 g/mol. The molecule has 0 atom stereocenters. The van der Waals surface area contributed by atoms with E-state index in [1.807, 2.05) is 24.3 Å². The Hall–Kier alpha value is -3.36. The maximum absolute atomic E-state index is 13.3. The van der Waals surface area contributed by atoms with Gasteiger partial charge in [0.2, 0.25) is 0 Å². The monoisotopic (exact) mass is 499 g/mol. The molecule has 178 valence electrons. The summed E-state index contributed by atoms with van der Waals surface area (Å²) in [6, 6.07) is 21.5. The van der Waals surface area contributed by atoms with Crippen LogP contribution in [0.3, 0.4) is 0 Å². The van der Waals surface area contributed by atoms with Gasteiger partial charge in [-0.3, -0.25) is 9.10 Å². The highest BCUT2D eigenvalue weighted by Gasteiger charge is 2.27. The summed E-state index contributed by atoms with van der Waals surface area (Å²) in [7, 11) is -4.02. The van der Waals surface area contributed by atoms with Crippen LogP contribution in [0.1, 0.15) is 25.3 Å². The van der Waals surface area contributed by atoms with Crippen molar-refractivity contribution in [1.29, 1.82) is 0 Å². The molecule has 0 unspecified atom stereocenters. The van der Waals surface area contributed by atoms with Gasteiger partial charge in [-0.1, -0.05) is 61.3 Å². The summed E-state index contributed by atoms with van der Waals surface area (Å²) < 4.78 is 33.3. The lowest BCUT2D eigenvalue weighted by Gasteiger charge is -2.23. The molecule has 1 N–H and O–H groups in total. The fourth-order valence-corrected chi connectivity index (χ4v) is 4.67. The maximum atomic E-state index is 13.3. The minimum atomic E-state index is -4.02. The van der Waals surface area contributed by atoms with Gasteiger partial charge in [0.05, 0.1) is 23.4 Å². The topological polar surface area (TPSA) is 88.1 Å². The van der Waals surface area contributed by atoms with E-state index in [-0.39, 0.29) is 10.6 Å². The highest BCUT2D eigenvalue weighted by atomic mass is 35.5. The molecule has 0 heterocycles. The van der Waals surface area contributed by atoms with Crippen LogP contribution < -0.4 is 14.5 Å². The zero-order valence-electron chi connectivity index (χ0n) is 18.7. The van der Waals surface area contributed by atoms with E-state index in [0.717, 1.165) is 17.1 Å². The third kappa shape index (κ3) is 6.82. The first kappa shape index (κ1) is 25.3. The standard InChI is InChI=1S/C25H26ClN3O4S/c1-2-3-16-33-24-15-8-7-10-20(24)18-27-28-25(30)19-29(22-12-9-11-21(26)17-22)34(31,32)23-13-5-4-6-14-23/h4-15,17-18H,2-3,16,19H2,1H3,(H,28,30)/b27-18+. The lowest BCUT2D eigenvalue weighted by atomic mass is 10.2. The second-order valence-corrected chi connectivity index (χ2v) is 9.64. The number of amides is 1. The summed E-state index contributed by atoms with van der Waals surface area (Å²) in [6.45, 7) is 2.18. The number of carbonyl (C=O) groups is 1. The van der Waals surface area contributed by atoms with Gasteiger partial charge in [-0.2, -0.15) is 5.10 Å². The number of ether oxygens (including phenoxy) is 1. The highest BCUT2D eigenvalue weighted by Crippen LogP contribution is 2.26. The predicted octanol–water partition coefficient (Wildman–Crippen LogP) is 4.86. The molecule has 34 heavy (non-hydrogen) atoms. The van der Waals surface area contributed by atoms with Crippen molar-refractivity contribution < 1.29 is 17.9 Å². The van der Waals surface area contributed by atoms with E-state index in [9.17, 15) is 13.2 Å². The van der Waals surface area contributed by atoms with Gasteiger partial charge >= 0.3 is 0 Å². The number of halogens is 1. The average molecular weight is 500 g/mol. The molecule has 3 aromatic rings. The van der Waals surface area contributed by atoms with Crippen LogP contribution in [0.4, 0.5) is 5.69 Å². The van der Waals surface area contributed by atoms with E-state index in [4.69, 9.17) is 16.3 Å². The van der Waals surface area contributed by atoms with Gasteiger partial charge in [0.15, 0.2) is 0 Å². The van der Waals surface area contributed by atoms with E-state index in [0.29, 0.717) is 22.9 Å². The molecule has 1 amide bonds. The number of rotatable bonds is 11. The molecule has 0 aliphatic heterocycles. The summed E-state index contributed by atoms with van der Waals surface area (Å²) in [5.74, 6) is 0.0428. The predicted molar refractivity (Wildman–Crippen MR) is 135 cm³/mol. The lowest BCUT2D eigenvalue weighted by molar-refractivity contribution is -0.119. The number of para-hydroxylation sites is 1. The van der Waals surface area contributed by atoms with Crippen molar-refractivity contribution in [2.75, 3.05) is 17.5 Å². The van der Waals surface area contributed by atoms with Crippen molar-refractivity contribution in [2.24, 2.45) is 5.10 Å². The number of nitrogens with one attached hydrogen (secondary N) is 1. The van der Waals surface area contributed by atoms with E-state index >= 15 is 0 Å². The first-order chi connectivity index (χ1) is 16.4. The molecule has 9 heteroatoms. The number of unbranched alkanes of at least 4 members (excludes halogenated alkanes) is 1. The second kappa shape index (κ2) is 12.2. The van der Waals surface area contributed by atoms with E-state index in [1.54, 1.807) is 36.4 Å². The average Bonchev–Trinajstić information content (AvgIpc) is 2.84. The van der Waals surface area contributed by atoms with Crippen molar-refractivity contribution in [2.45, 2.75) is 24.7 Å². The Bertz CT molecular complexity index is 1230. The maximum Gasteiger partial charge on any atom is 0.264 e. The van der Waals surface area contributed by atoms with Crippen LogP contribution in [0.15, 0.2) is 88.9 Å². The SMILES string of the molecule is CCCCOc1ccccc1/C=N/NC(=O)CN(c1cccc(Cl)c1)S(=O)(=O)c1ccccc1. The molecule has 0 aliphatic rings. The molecule has 3 rings (SSSR count). The zero-order valence-corrected chi connectivity index (χ0v) is 20.3. The highest BCUT2D eigenvalue weighted by molar-refractivity contribution is 7.92. The number of hydrazone groups is 1. The van der Waals surface area contributed by atoms with Gasteiger partial charge in [-0.15, -0.1) is 0 Å². The quantitative estimate of drug-likeness (QED) is 0.232. The van der Waals surface area contributed by atoms with Crippen LogP contribution in [0.2, 0.25) is 5.02 Å². The minimum absolute atomic E-state index is 0.0597. The Morgan fingerprint density at radius 3 is 2.53 bits per heavy atom. The third-order valence-corrected chi connectivity index (χ3v) is 6.81. The van der Waals surface area contributed by atoms with Crippen molar-refractivity contribution in [3.8, 4) is 5.75 Å². The van der Waals surface area contributed by atoms with Crippen molar-refractivity contribution in [3.63, 3.8) is 0 Å². The Morgan fingerprint density at radius 1 is 1.06 bits per heavy atom. The van der Waals surface area contributed by atoms with Crippen LogP contribution >= 0.6 is 11.6 Å². The van der Waals surface area contributed by atoms with E-state index in [1.165, 1.54) is 24.4 Å². The molecular formula is C25H26ClN3O4S. The molecule has 0 spiro atoms. The number of anilines is 1. The van der Waals surface area contributed by atoms with Gasteiger partial charge in [-0.25, -0.2) is 13.8 Å². The number of hydrogen-bond donors (Lipinski definition) is 1. The van der Waals surface area contributed by atoms with Crippen molar-refractivity contribution >= 4 is 39.4 Å². The molecule has 0 aliphatic carbocycles. The Kier molecular flexibility index (Phi) is 9.07. The number of nitrogens with zero attached hydrogens (tertiary/aromatic N) is 2. The summed E-state index contributed by atoms with van der Waals surface area (Å²) in [5, 5.41) is 4.35. The third-order valence-electron chi connectivity index (χ3n) is 4.78. The van der Waals surface area contributed by atoms with Gasteiger partial charge in [0.1, 0.15) is 12.3 Å². The van der Waals surface area contributed by atoms with Crippen LogP contribution in [-0.2, 0) is 14.8 Å².